The highest BCUT2D eigenvalue weighted by molar-refractivity contribution is 6.08. The lowest BCUT2D eigenvalue weighted by atomic mass is 9.74. The average molecular weight is 486 g/mol. The minimum Gasteiger partial charge on any atom is -0.493 e. The van der Waals surface area contributed by atoms with Crippen LogP contribution in [0.15, 0.2) is 66.7 Å². The molecule has 0 N–H and O–H groups in total. The van der Waals surface area contributed by atoms with Crippen molar-refractivity contribution in [3.05, 3.63) is 83.4 Å². The number of hydrogen-bond donors (Lipinski definition) is 0. The van der Waals surface area contributed by atoms with Gasteiger partial charge in [0.05, 0.1) is 12.8 Å². The van der Waals surface area contributed by atoms with E-state index < -0.39 is 0 Å². The summed E-state index contributed by atoms with van der Waals surface area (Å²) in [4.78, 5) is 20.3. The van der Waals surface area contributed by atoms with Gasteiger partial charge in [-0.2, -0.15) is 0 Å². The van der Waals surface area contributed by atoms with Crippen LogP contribution in [-0.4, -0.2) is 58.7 Å². The number of ether oxygens (including phenoxy) is 2. The summed E-state index contributed by atoms with van der Waals surface area (Å²) in [5.41, 5.74) is 4.83. The first kappa shape index (κ1) is 24.2. The van der Waals surface area contributed by atoms with Crippen molar-refractivity contribution in [2.45, 2.75) is 24.9 Å². The van der Waals surface area contributed by atoms with Crippen LogP contribution < -0.4 is 19.3 Å². The van der Waals surface area contributed by atoms with Crippen LogP contribution in [0.3, 0.4) is 0 Å². The summed E-state index contributed by atoms with van der Waals surface area (Å²) in [6.07, 6.45) is 2.01. The Balaban J connectivity index is 1.54. The van der Waals surface area contributed by atoms with E-state index in [4.69, 9.17) is 9.47 Å². The number of fused-ring (bicyclic) bond motifs is 2. The summed E-state index contributed by atoms with van der Waals surface area (Å²) in [7, 11) is 7.83. The highest BCUT2D eigenvalue weighted by atomic mass is 16.5. The Morgan fingerprint density at radius 3 is 2.42 bits per heavy atom. The monoisotopic (exact) mass is 485 g/mol. The first-order chi connectivity index (χ1) is 17.4. The SMILES string of the molecule is COc1cc2c(cc1OCc1ccccc1)N(C(=O)c1cccc(N(C)C)c1)CC21CCN(C)CC1. The highest BCUT2D eigenvalue weighted by Gasteiger charge is 2.47. The third-order valence-corrected chi connectivity index (χ3v) is 7.64. The maximum absolute atomic E-state index is 13.9. The zero-order chi connectivity index (χ0) is 25.3. The fraction of sp³-hybridized carbons (Fsp3) is 0.367. The number of amides is 1. The van der Waals surface area contributed by atoms with E-state index in [0.29, 0.717) is 30.2 Å². The number of rotatable bonds is 6. The van der Waals surface area contributed by atoms with Crippen LogP contribution in [-0.2, 0) is 12.0 Å². The van der Waals surface area contributed by atoms with Crippen LogP contribution in [0.1, 0.15) is 34.3 Å². The normalized spacial score (nSPS) is 16.6. The number of hydrogen-bond acceptors (Lipinski definition) is 5. The minimum absolute atomic E-state index is 0.0231. The van der Waals surface area contributed by atoms with Gasteiger partial charge < -0.3 is 24.2 Å². The van der Waals surface area contributed by atoms with Gasteiger partial charge in [0.25, 0.3) is 5.91 Å². The van der Waals surface area contributed by atoms with E-state index >= 15 is 0 Å². The molecule has 6 nitrogen and oxygen atoms in total. The van der Waals surface area contributed by atoms with Gasteiger partial charge in [-0.05, 0) is 68.4 Å². The summed E-state index contributed by atoms with van der Waals surface area (Å²) in [6.45, 7) is 3.12. The van der Waals surface area contributed by atoms with Crippen LogP contribution >= 0.6 is 0 Å². The minimum atomic E-state index is -0.0814. The molecule has 188 valence electrons. The van der Waals surface area contributed by atoms with E-state index in [1.54, 1.807) is 7.11 Å². The van der Waals surface area contributed by atoms with E-state index in [0.717, 1.165) is 42.9 Å². The fourth-order valence-electron chi connectivity index (χ4n) is 5.41. The Labute approximate surface area is 214 Å². The van der Waals surface area contributed by atoms with E-state index in [2.05, 4.69) is 18.0 Å². The molecule has 36 heavy (non-hydrogen) atoms. The first-order valence-corrected chi connectivity index (χ1v) is 12.6. The van der Waals surface area contributed by atoms with Gasteiger partial charge in [0.2, 0.25) is 0 Å². The molecule has 0 aliphatic carbocycles. The Morgan fingerprint density at radius 1 is 0.972 bits per heavy atom. The quantitative estimate of drug-likeness (QED) is 0.494. The van der Waals surface area contributed by atoms with E-state index in [1.807, 2.05) is 84.6 Å². The molecule has 3 aromatic carbocycles. The Kier molecular flexibility index (Phi) is 6.63. The number of likely N-dealkylation sites (tertiary alicyclic amines) is 1. The molecule has 0 unspecified atom stereocenters. The molecule has 1 spiro atoms. The molecular formula is C30H35N3O3. The third kappa shape index (κ3) is 4.53. The van der Waals surface area contributed by atoms with Crippen LogP contribution in [0.25, 0.3) is 0 Å². The largest absolute Gasteiger partial charge is 0.493 e. The third-order valence-electron chi connectivity index (χ3n) is 7.64. The zero-order valence-electron chi connectivity index (χ0n) is 21.7. The van der Waals surface area contributed by atoms with Crippen LogP contribution in [0, 0.1) is 0 Å². The number of benzene rings is 3. The van der Waals surface area contributed by atoms with Gasteiger partial charge in [0, 0.05) is 43.4 Å². The molecule has 2 heterocycles. The second-order valence-electron chi connectivity index (χ2n) is 10.2. The van der Waals surface area contributed by atoms with Gasteiger partial charge in [-0.15, -0.1) is 0 Å². The topological polar surface area (TPSA) is 45.3 Å². The zero-order valence-corrected chi connectivity index (χ0v) is 21.7. The maximum Gasteiger partial charge on any atom is 0.258 e. The number of methoxy groups -OCH3 is 1. The van der Waals surface area contributed by atoms with E-state index in [9.17, 15) is 4.79 Å². The van der Waals surface area contributed by atoms with Crippen molar-refractivity contribution in [3.8, 4) is 11.5 Å². The summed E-state index contributed by atoms with van der Waals surface area (Å²) in [5, 5.41) is 0. The Bertz CT molecular complexity index is 1230. The van der Waals surface area contributed by atoms with Gasteiger partial charge in [-0.25, -0.2) is 0 Å². The molecule has 1 saturated heterocycles. The van der Waals surface area contributed by atoms with E-state index in [1.165, 1.54) is 5.56 Å². The van der Waals surface area contributed by atoms with Crippen molar-refractivity contribution >= 4 is 17.3 Å². The number of piperidine rings is 1. The second kappa shape index (κ2) is 9.86. The lowest BCUT2D eigenvalue weighted by Gasteiger charge is -2.38. The predicted octanol–water partition coefficient (Wildman–Crippen LogP) is 4.96. The highest BCUT2D eigenvalue weighted by Crippen LogP contribution is 2.51. The van der Waals surface area contributed by atoms with Gasteiger partial charge >= 0.3 is 0 Å². The molecular weight excluding hydrogens is 450 g/mol. The molecule has 5 rings (SSSR count). The summed E-state index contributed by atoms with van der Waals surface area (Å²) in [6, 6.07) is 22.1. The van der Waals surface area contributed by atoms with Crippen molar-refractivity contribution in [2.24, 2.45) is 0 Å². The Hall–Kier alpha value is -3.51. The Morgan fingerprint density at radius 2 is 1.72 bits per heavy atom. The van der Waals surface area contributed by atoms with Crippen molar-refractivity contribution < 1.29 is 14.3 Å². The van der Waals surface area contributed by atoms with Crippen LogP contribution in [0.5, 0.6) is 11.5 Å². The molecule has 0 radical (unpaired) electrons. The van der Waals surface area contributed by atoms with Gasteiger partial charge in [0.1, 0.15) is 6.61 Å². The number of carbonyl (C=O) groups excluding carboxylic acids is 1. The molecule has 2 aliphatic rings. The molecule has 0 atom stereocenters. The summed E-state index contributed by atoms with van der Waals surface area (Å²) in [5.74, 6) is 1.40. The fourth-order valence-corrected chi connectivity index (χ4v) is 5.41. The van der Waals surface area contributed by atoms with Crippen molar-refractivity contribution in [3.63, 3.8) is 0 Å². The van der Waals surface area contributed by atoms with Gasteiger partial charge in [-0.1, -0.05) is 36.4 Å². The van der Waals surface area contributed by atoms with Gasteiger partial charge in [0.15, 0.2) is 11.5 Å². The van der Waals surface area contributed by atoms with Crippen molar-refractivity contribution in [1.29, 1.82) is 0 Å². The standard InChI is InChI=1S/C30H35N3O3/c1-31(2)24-12-8-11-23(17-24)29(34)33-21-30(13-15-32(3)16-14-30)25-18-27(35-4)28(19-26(25)33)36-20-22-9-6-5-7-10-22/h5-12,17-19H,13-16,20-21H2,1-4H3. The summed E-state index contributed by atoms with van der Waals surface area (Å²) < 4.78 is 12.0. The lowest BCUT2D eigenvalue weighted by molar-refractivity contribution is 0.0979. The molecule has 1 amide bonds. The lowest BCUT2D eigenvalue weighted by Crippen LogP contribution is -2.44. The molecule has 0 bridgehead atoms. The molecule has 0 saturated carbocycles. The molecule has 2 aliphatic heterocycles. The smallest absolute Gasteiger partial charge is 0.258 e. The number of nitrogens with zero attached hydrogens (tertiary/aromatic N) is 3. The molecule has 0 aromatic heterocycles. The van der Waals surface area contributed by atoms with Crippen molar-refractivity contribution in [1.82, 2.24) is 4.90 Å². The van der Waals surface area contributed by atoms with Crippen LogP contribution in [0.2, 0.25) is 0 Å². The molecule has 3 aromatic rings. The van der Waals surface area contributed by atoms with E-state index in [-0.39, 0.29) is 11.3 Å². The maximum atomic E-state index is 13.9. The first-order valence-electron chi connectivity index (χ1n) is 12.6. The number of anilines is 2. The number of carbonyl (C=O) groups is 1. The molecule has 1 fully saturated rings. The summed E-state index contributed by atoms with van der Waals surface area (Å²) >= 11 is 0. The molecule has 6 heteroatoms. The average Bonchev–Trinajstić information content (AvgIpc) is 3.21. The second-order valence-corrected chi connectivity index (χ2v) is 10.2. The predicted molar refractivity (Wildman–Crippen MR) is 145 cm³/mol. The van der Waals surface area contributed by atoms with Crippen LogP contribution in [0.4, 0.5) is 11.4 Å². The van der Waals surface area contributed by atoms with Crippen molar-refractivity contribution in [2.75, 3.05) is 57.7 Å². The van der Waals surface area contributed by atoms with Gasteiger partial charge in [-0.3, -0.25) is 4.79 Å².